The predicted octanol–water partition coefficient (Wildman–Crippen LogP) is 27.1. The van der Waals surface area contributed by atoms with E-state index >= 15 is 0 Å². The molecule has 520 valence electrons. The number of aromatic nitrogens is 3. The van der Waals surface area contributed by atoms with Crippen molar-refractivity contribution < 1.29 is 13.3 Å². The van der Waals surface area contributed by atoms with Crippen LogP contribution in [0, 0.1) is 0 Å². The molecule has 0 saturated heterocycles. The number of rotatable bonds is 13. The van der Waals surface area contributed by atoms with Crippen molar-refractivity contribution in [1.29, 1.82) is 0 Å². The molecule has 0 spiro atoms. The zero-order valence-corrected chi connectivity index (χ0v) is 60.3. The Kier molecular flexibility index (Phi) is 14.3. The smallest absolute Gasteiger partial charge is 0.160 e. The third kappa shape index (κ3) is 10.0. The van der Waals surface area contributed by atoms with Gasteiger partial charge in [-0.3, -0.25) is 14.9 Å². The quantitative estimate of drug-likeness (QED) is 0.112. The molecule has 19 aromatic rings. The molecule has 0 amide bonds. The summed E-state index contributed by atoms with van der Waals surface area (Å²) in [6, 6.07) is 101. The molecule has 7 heterocycles. The number of allylic oxidation sites excluding steroid dienone is 6. The topological polar surface area (TPSA) is 87.8 Å². The van der Waals surface area contributed by atoms with Gasteiger partial charge in [0, 0.05) is 133 Å². The Hall–Kier alpha value is -14.2. The summed E-state index contributed by atoms with van der Waals surface area (Å²) in [6.45, 7) is 5.28. The first-order valence-electron chi connectivity index (χ1n) is 37.7. The van der Waals surface area contributed by atoms with Crippen LogP contribution in [0.1, 0.15) is 54.0 Å². The lowest BCUT2D eigenvalue weighted by atomic mass is 9.82. The summed E-state index contributed by atoms with van der Waals surface area (Å²) >= 11 is 0. The van der Waals surface area contributed by atoms with Crippen LogP contribution in [0.4, 0.5) is 39.9 Å². The SMILES string of the molecule is CC1(C)c2ccccc2-c2c(-c3cccc(N(c4ccc(-c5cccnc5)cn4)c4ccc5c6ccc(N(c7ccccc7)c7ccccc7)c7oc8cc(N9C=CC=C(c%10cccc%11oc%12ccccc%12c%10%11)C9)cc(c9cc(C%10C=CC(c%11cccc(-c%12cccnc%12)c%11)=CC%10)cc%10oc4c5c%109)c8c76)c3)cccc21. The van der Waals surface area contributed by atoms with E-state index in [0.717, 1.165) is 178 Å². The van der Waals surface area contributed by atoms with Crippen LogP contribution in [0.25, 0.3) is 143 Å². The zero-order valence-electron chi connectivity index (χ0n) is 60.3. The highest BCUT2D eigenvalue weighted by Gasteiger charge is 2.37. The fraction of sp³-hybridized carbons (Fsp3) is 0.0594. The lowest BCUT2D eigenvalue weighted by Crippen LogP contribution is -2.20. The summed E-state index contributed by atoms with van der Waals surface area (Å²) in [5.74, 6) is 0.715. The highest BCUT2D eigenvalue weighted by molar-refractivity contribution is 6.38. The van der Waals surface area contributed by atoms with Crippen LogP contribution < -0.4 is 14.7 Å². The second kappa shape index (κ2) is 25.0. The van der Waals surface area contributed by atoms with E-state index in [1.165, 1.54) is 39.0 Å². The molecule has 3 aliphatic rings. The fourth-order valence-electron chi connectivity index (χ4n) is 18.0. The summed E-state index contributed by atoms with van der Waals surface area (Å²) in [7, 11) is 0. The monoisotopic (exact) mass is 1410 g/mol. The van der Waals surface area contributed by atoms with E-state index in [1.54, 1.807) is 0 Å². The van der Waals surface area contributed by atoms with Crippen LogP contribution in [0.2, 0.25) is 0 Å². The number of furan rings is 3. The summed E-state index contributed by atoms with van der Waals surface area (Å²) in [4.78, 5) is 21.4. The number of fused-ring (bicyclic) bond motifs is 8. The molecule has 9 nitrogen and oxygen atoms in total. The number of nitrogens with zero attached hydrogens (tertiary/aromatic N) is 6. The highest BCUT2D eigenvalue weighted by Crippen LogP contribution is 2.56. The van der Waals surface area contributed by atoms with E-state index < -0.39 is 0 Å². The molecule has 0 fully saturated rings. The highest BCUT2D eigenvalue weighted by atomic mass is 16.3. The van der Waals surface area contributed by atoms with Crippen molar-refractivity contribution in [3.05, 3.63) is 374 Å². The van der Waals surface area contributed by atoms with Crippen molar-refractivity contribution in [3.63, 3.8) is 0 Å². The average molecular weight is 1410 g/mol. The summed E-state index contributed by atoms with van der Waals surface area (Å²) < 4.78 is 22.3. The number of benzene rings is 12. The van der Waals surface area contributed by atoms with Crippen molar-refractivity contribution in [2.75, 3.05) is 21.2 Å². The van der Waals surface area contributed by atoms with Crippen molar-refractivity contribution in [1.82, 2.24) is 15.0 Å². The lowest BCUT2D eigenvalue weighted by molar-refractivity contribution is 0.660. The van der Waals surface area contributed by atoms with Gasteiger partial charge in [0.2, 0.25) is 0 Å². The Morgan fingerprint density at radius 1 is 0.418 bits per heavy atom. The van der Waals surface area contributed by atoms with Crippen molar-refractivity contribution >= 4 is 138 Å². The van der Waals surface area contributed by atoms with E-state index in [1.807, 2.05) is 49.2 Å². The maximum atomic E-state index is 7.95. The lowest BCUT2D eigenvalue weighted by Gasteiger charge is -2.26. The first-order valence-corrected chi connectivity index (χ1v) is 37.7. The molecule has 0 bridgehead atoms. The first-order chi connectivity index (χ1) is 54.3. The summed E-state index contributed by atoms with van der Waals surface area (Å²) in [6.07, 6.45) is 23.9. The van der Waals surface area contributed by atoms with Gasteiger partial charge in [0.25, 0.3) is 0 Å². The van der Waals surface area contributed by atoms with Gasteiger partial charge in [-0.25, -0.2) is 4.98 Å². The van der Waals surface area contributed by atoms with Gasteiger partial charge in [-0.05, 0) is 210 Å². The fourth-order valence-corrected chi connectivity index (χ4v) is 18.0. The van der Waals surface area contributed by atoms with Gasteiger partial charge in [0.15, 0.2) is 11.2 Å². The molecular weight excluding hydrogens is 1350 g/mol. The predicted molar refractivity (Wildman–Crippen MR) is 453 cm³/mol. The molecule has 22 rings (SSSR count). The van der Waals surface area contributed by atoms with Gasteiger partial charge in [-0.2, -0.15) is 0 Å². The Balaban J connectivity index is 0.809. The van der Waals surface area contributed by atoms with E-state index in [9.17, 15) is 0 Å². The molecule has 0 saturated carbocycles. The third-order valence-electron chi connectivity index (χ3n) is 23.2. The van der Waals surface area contributed by atoms with Gasteiger partial charge < -0.3 is 23.1 Å². The van der Waals surface area contributed by atoms with Gasteiger partial charge in [-0.1, -0.05) is 202 Å². The Labute approximate surface area is 634 Å². The number of hydrogen-bond donors (Lipinski definition) is 0. The normalized spacial score (nSPS) is 14.6. The van der Waals surface area contributed by atoms with Crippen molar-refractivity contribution in [3.8, 4) is 44.5 Å². The second-order valence-electron chi connectivity index (χ2n) is 29.7. The van der Waals surface area contributed by atoms with E-state index in [2.05, 4.69) is 336 Å². The number of para-hydroxylation sites is 3. The molecule has 13 aromatic carbocycles. The molecule has 2 aliphatic carbocycles. The number of pyridine rings is 3. The number of anilines is 7. The molecule has 0 radical (unpaired) electrons. The Morgan fingerprint density at radius 3 is 1.78 bits per heavy atom. The van der Waals surface area contributed by atoms with Crippen LogP contribution in [0.15, 0.2) is 360 Å². The zero-order chi connectivity index (χ0) is 72.7. The van der Waals surface area contributed by atoms with E-state index in [0.29, 0.717) is 6.54 Å². The first kappa shape index (κ1) is 63.2. The Bertz CT molecular complexity index is 7030. The molecule has 1 unspecified atom stereocenters. The largest absolute Gasteiger partial charge is 0.456 e. The number of hydrogen-bond acceptors (Lipinski definition) is 9. The minimum Gasteiger partial charge on any atom is -0.456 e. The Morgan fingerprint density at radius 2 is 1.04 bits per heavy atom. The maximum absolute atomic E-state index is 7.95. The minimum absolute atomic E-state index is 0.0103. The summed E-state index contributed by atoms with van der Waals surface area (Å²) in [5, 5.41) is 10.4. The molecule has 9 heteroatoms. The molecule has 110 heavy (non-hydrogen) atoms. The van der Waals surface area contributed by atoms with Gasteiger partial charge in [-0.15, -0.1) is 0 Å². The van der Waals surface area contributed by atoms with Crippen LogP contribution >= 0.6 is 0 Å². The molecule has 1 aliphatic heterocycles. The van der Waals surface area contributed by atoms with Crippen molar-refractivity contribution in [2.24, 2.45) is 0 Å². The van der Waals surface area contributed by atoms with Crippen LogP contribution in [0.3, 0.4) is 0 Å². The molecule has 1 atom stereocenters. The van der Waals surface area contributed by atoms with Gasteiger partial charge in [0.1, 0.15) is 28.1 Å². The van der Waals surface area contributed by atoms with Crippen LogP contribution in [0.5, 0.6) is 0 Å². The second-order valence-corrected chi connectivity index (χ2v) is 29.7. The van der Waals surface area contributed by atoms with E-state index in [4.69, 9.17) is 18.2 Å². The molecule has 6 aromatic heterocycles. The summed E-state index contributed by atoms with van der Waals surface area (Å²) in [5.41, 5.74) is 27.7. The standard InChI is InChI=1S/C101H68N6O3/c1-101(2)84-35-11-9-31-80(84)93-76(33-15-36-85(93)101)66-22-14-30-74(53-66)107(92-48-43-69(60-104-92)68-24-18-50-103-59-68)87-47-45-79-78-44-46-86(106(72-26-5-3-6-27-72)73-28-7-4-8-29-73)99-98(78)96-83(56-75(57-91(96)110-99)105-51-19-25-70(61-105)77-34-16-38-89-94(77)81-32-10-12-37-88(81)108-89)82-54-71(55-90-95(82)97(79)100(87)109-90)63-41-39-62(40-42-63)64-20-13-21-65(52-64)67-23-17-49-102-58-67/h3-41,43-60,63H,42,61H2,1-2H3. The van der Waals surface area contributed by atoms with Crippen LogP contribution in [-0.4, -0.2) is 21.5 Å². The van der Waals surface area contributed by atoms with Gasteiger partial charge >= 0.3 is 0 Å². The third-order valence-corrected chi connectivity index (χ3v) is 23.2. The maximum Gasteiger partial charge on any atom is 0.160 e. The van der Waals surface area contributed by atoms with Gasteiger partial charge in [0.05, 0.1) is 11.4 Å². The van der Waals surface area contributed by atoms with Crippen molar-refractivity contribution in [2.45, 2.75) is 31.6 Å². The molecular formula is C101H68N6O3. The molecule has 0 N–H and O–H groups in total. The minimum atomic E-state index is -0.181. The van der Waals surface area contributed by atoms with E-state index in [-0.39, 0.29) is 11.3 Å². The average Bonchev–Trinajstić information content (AvgIpc) is 1.52. The van der Waals surface area contributed by atoms with Crippen LogP contribution in [-0.2, 0) is 5.41 Å².